The van der Waals surface area contributed by atoms with Gasteiger partial charge >= 0.3 is 0 Å². The highest BCUT2D eigenvalue weighted by atomic mass is 16.5. The molecule has 0 saturated carbocycles. The number of aromatic nitrogens is 1. The highest BCUT2D eigenvalue weighted by Crippen LogP contribution is 2.29. The van der Waals surface area contributed by atoms with Gasteiger partial charge in [0, 0.05) is 30.1 Å². The third-order valence-corrected chi connectivity index (χ3v) is 4.91. The van der Waals surface area contributed by atoms with Gasteiger partial charge in [-0.3, -0.25) is 4.79 Å². The first-order valence-electron chi connectivity index (χ1n) is 8.67. The van der Waals surface area contributed by atoms with Crippen LogP contribution in [-0.2, 0) is 11.3 Å². The lowest BCUT2D eigenvalue weighted by Gasteiger charge is -2.41. The molecule has 1 fully saturated rings. The van der Waals surface area contributed by atoms with Gasteiger partial charge in [0.05, 0.1) is 25.3 Å². The molecular formula is C18H29N2O3+. The van der Waals surface area contributed by atoms with Gasteiger partial charge in [-0.05, 0) is 33.3 Å². The molecule has 5 heteroatoms. The molecule has 3 rings (SSSR count). The van der Waals surface area contributed by atoms with Crippen molar-refractivity contribution >= 4 is 0 Å². The number of likely N-dealkylation sites (tertiary alicyclic amines) is 1. The molecule has 1 aromatic heterocycles. The molecule has 2 aliphatic rings. The molecule has 23 heavy (non-hydrogen) atoms. The third-order valence-electron chi connectivity index (χ3n) is 4.91. The lowest BCUT2D eigenvalue weighted by atomic mass is 9.83. The number of nitrogens with zero attached hydrogens (tertiary/aromatic N) is 1. The van der Waals surface area contributed by atoms with Crippen LogP contribution in [0.4, 0.5) is 0 Å². The average molecular weight is 321 g/mol. The van der Waals surface area contributed by atoms with Crippen LogP contribution in [0, 0.1) is 5.92 Å². The summed E-state index contributed by atoms with van der Waals surface area (Å²) in [6.07, 6.45) is 0.739. The van der Waals surface area contributed by atoms with Crippen molar-refractivity contribution < 1.29 is 14.7 Å². The van der Waals surface area contributed by atoms with Crippen molar-refractivity contribution in [1.82, 2.24) is 4.57 Å². The summed E-state index contributed by atoms with van der Waals surface area (Å²) in [5.41, 5.74) is 1.08. The van der Waals surface area contributed by atoms with Crippen molar-refractivity contribution in [2.24, 2.45) is 5.92 Å². The number of piperidine rings is 1. The van der Waals surface area contributed by atoms with Crippen LogP contribution in [0.15, 0.2) is 23.0 Å². The van der Waals surface area contributed by atoms with Crippen molar-refractivity contribution in [1.29, 1.82) is 0 Å². The van der Waals surface area contributed by atoms with Gasteiger partial charge in [-0.1, -0.05) is 6.07 Å². The van der Waals surface area contributed by atoms with Crippen molar-refractivity contribution in [3.63, 3.8) is 0 Å². The van der Waals surface area contributed by atoms with E-state index in [2.05, 4.69) is 6.07 Å². The van der Waals surface area contributed by atoms with E-state index in [1.54, 1.807) is 6.07 Å². The van der Waals surface area contributed by atoms with E-state index in [0.29, 0.717) is 18.4 Å². The maximum Gasteiger partial charge on any atom is 0.250 e. The van der Waals surface area contributed by atoms with Crippen LogP contribution in [-0.4, -0.2) is 47.6 Å². The predicted octanol–water partition coefficient (Wildman–Crippen LogP) is 0.0263. The predicted molar refractivity (Wildman–Crippen MR) is 88.8 cm³/mol. The second kappa shape index (κ2) is 6.38. The monoisotopic (exact) mass is 321 g/mol. The quantitative estimate of drug-likeness (QED) is 0.822. The maximum absolute atomic E-state index is 12.0. The molecule has 0 amide bonds. The molecule has 2 aliphatic heterocycles. The van der Waals surface area contributed by atoms with Gasteiger partial charge in [-0.15, -0.1) is 0 Å². The van der Waals surface area contributed by atoms with E-state index >= 15 is 0 Å². The minimum atomic E-state index is -0.430. The fourth-order valence-electron chi connectivity index (χ4n) is 4.02. The van der Waals surface area contributed by atoms with Gasteiger partial charge in [-0.25, -0.2) is 0 Å². The van der Waals surface area contributed by atoms with Gasteiger partial charge in [0.2, 0.25) is 0 Å². The summed E-state index contributed by atoms with van der Waals surface area (Å²) in [5, 5.41) is 10.3. The van der Waals surface area contributed by atoms with Crippen LogP contribution in [0.2, 0.25) is 0 Å². The number of pyridine rings is 1. The first-order valence-corrected chi connectivity index (χ1v) is 8.67. The van der Waals surface area contributed by atoms with E-state index in [1.165, 1.54) is 17.0 Å². The second-order valence-electron chi connectivity index (χ2n) is 8.14. The molecule has 2 N–H and O–H groups in total. The largest absolute Gasteiger partial charge is 0.385 e. The van der Waals surface area contributed by atoms with E-state index in [4.69, 9.17) is 4.74 Å². The Morgan fingerprint density at radius 3 is 2.91 bits per heavy atom. The van der Waals surface area contributed by atoms with Crippen LogP contribution in [0.5, 0.6) is 0 Å². The number of ether oxygens (including phenoxy) is 1. The summed E-state index contributed by atoms with van der Waals surface area (Å²) in [5.74, 6) is 0.967. The Bertz CT molecular complexity index is 605. The number of hydrogen-bond acceptors (Lipinski definition) is 3. The number of nitrogens with one attached hydrogen (secondary N) is 1. The molecular weight excluding hydrogens is 292 g/mol. The smallest absolute Gasteiger partial charge is 0.250 e. The number of aliphatic hydroxyl groups is 1. The number of rotatable bonds is 4. The average Bonchev–Trinajstić information content (AvgIpc) is 2.46. The van der Waals surface area contributed by atoms with Crippen LogP contribution < -0.4 is 10.5 Å². The number of quaternary nitrogens is 1. The summed E-state index contributed by atoms with van der Waals surface area (Å²) in [7, 11) is 0. The van der Waals surface area contributed by atoms with E-state index in [0.717, 1.165) is 26.2 Å². The third kappa shape index (κ3) is 4.03. The fraction of sp³-hybridized carbons (Fsp3) is 0.722. The summed E-state index contributed by atoms with van der Waals surface area (Å²) in [4.78, 5) is 13.5. The molecule has 0 aliphatic carbocycles. The molecule has 1 unspecified atom stereocenters. The van der Waals surface area contributed by atoms with E-state index < -0.39 is 6.10 Å². The van der Waals surface area contributed by atoms with Gasteiger partial charge in [0.1, 0.15) is 12.6 Å². The topological polar surface area (TPSA) is 55.9 Å². The molecule has 0 spiro atoms. The van der Waals surface area contributed by atoms with Gasteiger partial charge < -0.3 is 19.3 Å². The standard InChI is InChI=1S/C18H28N2O3/c1-18(2,3)23-12-15(21)11-19-8-13-7-14(10-19)16-5-4-6-17(22)20(16)9-13/h4-6,13-15,21H,7-12H2,1-3H3/p+1/t13-,14+,15+/m0/s1. The van der Waals surface area contributed by atoms with Crippen molar-refractivity contribution in [2.75, 3.05) is 26.2 Å². The number of hydrogen-bond donors (Lipinski definition) is 2. The Morgan fingerprint density at radius 1 is 1.39 bits per heavy atom. The minimum Gasteiger partial charge on any atom is -0.385 e. The van der Waals surface area contributed by atoms with Crippen molar-refractivity contribution in [3.05, 3.63) is 34.2 Å². The maximum atomic E-state index is 12.0. The van der Waals surface area contributed by atoms with Gasteiger partial charge in [-0.2, -0.15) is 0 Å². The van der Waals surface area contributed by atoms with Crippen LogP contribution in [0.25, 0.3) is 0 Å². The van der Waals surface area contributed by atoms with E-state index in [-0.39, 0.29) is 11.2 Å². The lowest BCUT2D eigenvalue weighted by Crippen LogP contribution is -3.15. The Hall–Kier alpha value is -1.17. The molecule has 5 nitrogen and oxygen atoms in total. The molecule has 1 aromatic rings. The van der Waals surface area contributed by atoms with Crippen molar-refractivity contribution in [3.8, 4) is 0 Å². The molecule has 0 radical (unpaired) electrons. The first kappa shape index (κ1) is 16.7. The molecule has 1 saturated heterocycles. The Labute approximate surface area is 137 Å². The molecule has 128 valence electrons. The van der Waals surface area contributed by atoms with Gasteiger partial charge in [0.25, 0.3) is 5.56 Å². The lowest BCUT2D eigenvalue weighted by molar-refractivity contribution is -0.914. The van der Waals surface area contributed by atoms with Gasteiger partial charge in [0.15, 0.2) is 0 Å². The fourth-order valence-corrected chi connectivity index (χ4v) is 4.02. The van der Waals surface area contributed by atoms with Crippen LogP contribution in [0.3, 0.4) is 0 Å². The summed E-state index contributed by atoms with van der Waals surface area (Å²) in [6, 6.07) is 5.61. The highest BCUT2D eigenvalue weighted by molar-refractivity contribution is 5.15. The van der Waals surface area contributed by atoms with Crippen molar-refractivity contribution in [2.45, 2.75) is 51.4 Å². The zero-order valence-electron chi connectivity index (χ0n) is 14.4. The SMILES string of the molecule is CC(C)(C)OC[C@H](O)C[NH+]1C[C@@H]2C[C@H](C1)c1cccc(=O)n1C2. The summed E-state index contributed by atoms with van der Waals surface area (Å²) in [6.45, 7) is 9.98. The van der Waals surface area contributed by atoms with E-state index in [1.807, 2.05) is 31.4 Å². The van der Waals surface area contributed by atoms with Crippen LogP contribution in [0.1, 0.15) is 38.8 Å². The molecule has 0 aromatic carbocycles. The summed E-state index contributed by atoms with van der Waals surface area (Å²) >= 11 is 0. The Kier molecular flexibility index (Phi) is 4.63. The molecule has 2 bridgehead atoms. The molecule has 4 atom stereocenters. The summed E-state index contributed by atoms with van der Waals surface area (Å²) < 4.78 is 7.64. The van der Waals surface area contributed by atoms with Crippen LogP contribution >= 0.6 is 0 Å². The Morgan fingerprint density at radius 2 is 2.17 bits per heavy atom. The highest BCUT2D eigenvalue weighted by Gasteiger charge is 2.37. The zero-order chi connectivity index (χ0) is 16.6. The van der Waals surface area contributed by atoms with E-state index in [9.17, 15) is 9.90 Å². The Balaban J connectivity index is 1.63. The zero-order valence-corrected chi connectivity index (χ0v) is 14.4. The number of aliphatic hydroxyl groups excluding tert-OH is 1. The minimum absolute atomic E-state index is 0.124. The second-order valence-corrected chi connectivity index (χ2v) is 8.14. The number of fused-ring (bicyclic) bond motifs is 4. The molecule has 3 heterocycles. The normalized spacial score (nSPS) is 28.3. The first-order chi connectivity index (χ1) is 10.8.